The summed E-state index contributed by atoms with van der Waals surface area (Å²) in [6.07, 6.45) is 2.40. The van der Waals surface area contributed by atoms with Gasteiger partial charge in [-0.2, -0.15) is 0 Å². The largest absolute Gasteiger partial charge is 0.370 e. The molecule has 0 spiro atoms. The molecule has 5 nitrogen and oxygen atoms in total. The molecule has 6 heteroatoms. The maximum absolute atomic E-state index is 12.5. The molecule has 2 aromatic carbocycles. The van der Waals surface area contributed by atoms with Gasteiger partial charge in [0.25, 0.3) is 0 Å². The SMILES string of the molecule is NC(=O)c1ccc(N2CCCC2)c(NC(=O)Cc2ccccc2Cl)c1. The summed E-state index contributed by atoms with van der Waals surface area (Å²) in [7, 11) is 0. The van der Waals surface area contributed by atoms with Crippen LogP contribution in [0.3, 0.4) is 0 Å². The van der Waals surface area contributed by atoms with Crippen LogP contribution in [0.2, 0.25) is 5.02 Å². The first-order valence-electron chi connectivity index (χ1n) is 8.26. The minimum Gasteiger partial charge on any atom is -0.370 e. The predicted molar refractivity (Wildman–Crippen MR) is 100 cm³/mol. The molecule has 1 saturated heterocycles. The van der Waals surface area contributed by atoms with Crippen LogP contribution >= 0.6 is 11.6 Å². The molecule has 0 atom stereocenters. The highest BCUT2D eigenvalue weighted by molar-refractivity contribution is 6.31. The molecule has 0 bridgehead atoms. The van der Waals surface area contributed by atoms with Crippen LogP contribution in [0.15, 0.2) is 42.5 Å². The number of hydrogen-bond acceptors (Lipinski definition) is 3. The molecule has 25 heavy (non-hydrogen) atoms. The maximum atomic E-state index is 12.5. The number of primary amides is 1. The van der Waals surface area contributed by atoms with Gasteiger partial charge < -0.3 is 16.0 Å². The van der Waals surface area contributed by atoms with Crippen molar-refractivity contribution in [3.63, 3.8) is 0 Å². The Balaban J connectivity index is 1.83. The minimum absolute atomic E-state index is 0.167. The summed E-state index contributed by atoms with van der Waals surface area (Å²) in [5.74, 6) is -0.704. The van der Waals surface area contributed by atoms with Crippen LogP contribution in [-0.2, 0) is 11.2 Å². The van der Waals surface area contributed by atoms with Gasteiger partial charge in [-0.05, 0) is 42.7 Å². The topological polar surface area (TPSA) is 75.4 Å². The van der Waals surface area contributed by atoms with E-state index in [-0.39, 0.29) is 12.3 Å². The van der Waals surface area contributed by atoms with E-state index >= 15 is 0 Å². The van der Waals surface area contributed by atoms with Gasteiger partial charge >= 0.3 is 0 Å². The van der Waals surface area contributed by atoms with E-state index < -0.39 is 5.91 Å². The lowest BCUT2D eigenvalue weighted by molar-refractivity contribution is -0.115. The van der Waals surface area contributed by atoms with E-state index in [1.165, 1.54) is 0 Å². The standard InChI is InChI=1S/C19H20ClN3O2/c20-15-6-2-1-5-13(15)12-18(24)22-16-11-14(19(21)25)7-8-17(16)23-9-3-4-10-23/h1-2,5-8,11H,3-4,9-10,12H2,(H2,21,25)(H,22,24). The summed E-state index contributed by atoms with van der Waals surface area (Å²) in [4.78, 5) is 26.2. The van der Waals surface area contributed by atoms with Crippen molar-refractivity contribution in [1.82, 2.24) is 0 Å². The molecule has 1 heterocycles. The van der Waals surface area contributed by atoms with E-state index in [2.05, 4.69) is 10.2 Å². The Labute approximate surface area is 151 Å². The zero-order chi connectivity index (χ0) is 17.8. The molecule has 0 radical (unpaired) electrons. The zero-order valence-electron chi connectivity index (χ0n) is 13.8. The van der Waals surface area contributed by atoms with E-state index in [1.807, 2.05) is 24.3 Å². The second-order valence-corrected chi connectivity index (χ2v) is 6.51. The average Bonchev–Trinajstić information content (AvgIpc) is 3.11. The number of halogens is 1. The Hall–Kier alpha value is -2.53. The third kappa shape index (κ3) is 4.12. The van der Waals surface area contributed by atoms with E-state index in [9.17, 15) is 9.59 Å². The van der Waals surface area contributed by atoms with Crippen LogP contribution in [0.25, 0.3) is 0 Å². The molecule has 130 valence electrons. The average molecular weight is 358 g/mol. The van der Waals surface area contributed by atoms with Crippen LogP contribution in [0.1, 0.15) is 28.8 Å². The van der Waals surface area contributed by atoms with Crippen LogP contribution in [0.5, 0.6) is 0 Å². The number of nitrogens with two attached hydrogens (primary N) is 1. The Morgan fingerprint density at radius 1 is 1.12 bits per heavy atom. The Bertz CT molecular complexity index is 801. The van der Waals surface area contributed by atoms with Crippen LogP contribution in [-0.4, -0.2) is 24.9 Å². The van der Waals surface area contributed by atoms with Crippen molar-refractivity contribution >= 4 is 34.8 Å². The second-order valence-electron chi connectivity index (χ2n) is 6.11. The molecule has 2 aromatic rings. The fourth-order valence-corrected chi connectivity index (χ4v) is 3.23. The third-order valence-corrected chi connectivity index (χ3v) is 4.68. The monoisotopic (exact) mass is 357 g/mol. The summed E-state index contributed by atoms with van der Waals surface area (Å²) in [5, 5.41) is 3.47. The Morgan fingerprint density at radius 3 is 2.52 bits per heavy atom. The quantitative estimate of drug-likeness (QED) is 0.862. The van der Waals surface area contributed by atoms with Crippen molar-refractivity contribution in [3.05, 3.63) is 58.6 Å². The van der Waals surface area contributed by atoms with Gasteiger partial charge in [-0.25, -0.2) is 0 Å². The molecule has 2 amide bonds. The molecular formula is C19H20ClN3O2. The lowest BCUT2D eigenvalue weighted by atomic mass is 10.1. The van der Waals surface area contributed by atoms with Gasteiger partial charge in [-0.3, -0.25) is 9.59 Å². The van der Waals surface area contributed by atoms with Gasteiger partial charge in [0.15, 0.2) is 0 Å². The number of nitrogens with zero attached hydrogens (tertiary/aromatic N) is 1. The van der Waals surface area contributed by atoms with Crippen molar-refractivity contribution in [1.29, 1.82) is 0 Å². The predicted octanol–water partition coefficient (Wildman–Crippen LogP) is 3.22. The molecule has 3 rings (SSSR count). The van der Waals surface area contributed by atoms with Crippen LogP contribution < -0.4 is 16.0 Å². The maximum Gasteiger partial charge on any atom is 0.248 e. The van der Waals surface area contributed by atoms with Gasteiger partial charge in [0.2, 0.25) is 11.8 Å². The summed E-state index contributed by atoms with van der Waals surface area (Å²) < 4.78 is 0. The molecule has 0 saturated carbocycles. The number of carbonyl (C=O) groups excluding carboxylic acids is 2. The first kappa shape index (κ1) is 17.3. The number of nitrogens with one attached hydrogen (secondary N) is 1. The van der Waals surface area contributed by atoms with Gasteiger partial charge in [0.05, 0.1) is 17.8 Å². The first-order valence-corrected chi connectivity index (χ1v) is 8.64. The number of rotatable bonds is 5. The number of amides is 2. The minimum atomic E-state index is -0.519. The number of anilines is 2. The van der Waals surface area contributed by atoms with E-state index in [4.69, 9.17) is 17.3 Å². The van der Waals surface area contributed by atoms with Crippen molar-refractivity contribution in [2.24, 2.45) is 5.73 Å². The van der Waals surface area contributed by atoms with Crippen molar-refractivity contribution in [2.75, 3.05) is 23.3 Å². The summed E-state index contributed by atoms with van der Waals surface area (Å²) in [6.45, 7) is 1.87. The first-order chi connectivity index (χ1) is 12.0. The van der Waals surface area contributed by atoms with E-state index in [0.717, 1.165) is 37.2 Å². The number of carbonyl (C=O) groups is 2. The normalized spacial score (nSPS) is 13.7. The fourth-order valence-electron chi connectivity index (χ4n) is 3.03. The highest BCUT2D eigenvalue weighted by Gasteiger charge is 2.18. The van der Waals surface area contributed by atoms with Crippen molar-refractivity contribution < 1.29 is 9.59 Å². The summed E-state index contributed by atoms with van der Waals surface area (Å²) >= 11 is 6.12. The van der Waals surface area contributed by atoms with E-state index in [0.29, 0.717) is 16.3 Å². The van der Waals surface area contributed by atoms with Gasteiger partial charge in [0, 0.05) is 23.7 Å². The highest BCUT2D eigenvalue weighted by atomic mass is 35.5. The number of hydrogen-bond donors (Lipinski definition) is 2. The summed E-state index contributed by atoms with van der Waals surface area (Å²) in [5.41, 5.74) is 8.03. The molecular weight excluding hydrogens is 338 g/mol. The molecule has 0 aliphatic carbocycles. The van der Waals surface area contributed by atoms with Crippen LogP contribution in [0, 0.1) is 0 Å². The molecule has 1 aliphatic rings. The lowest BCUT2D eigenvalue weighted by Crippen LogP contribution is -2.23. The third-order valence-electron chi connectivity index (χ3n) is 4.31. The van der Waals surface area contributed by atoms with Crippen molar-refractivity contribution in [2.45, 2.75) is 19.3 Å². The van der Waals surface area contributed by atoms with E-state index in [1.54, 1.807) is 18.2 Å². The van der Waals surface area contributed by atoms with Gasteiger partial charge in [-0.1, -0.05) is 29.8 Å². The molecule has 0 unspecified atom stereocenters. The highest BCUT2D eigenvalue weighted by Crippen LogP contribution is 2.30. The smallest absolute Gasteiger partial charge is 0.248 e. The second kappa shape index (κ2) is 7.57. The lowest BCUT2D eigenvalue weighted by Gasteiger charge is -2.22. The van der Waals surface area contributed by atoms with Crippen molar-refractivity contribution in [3.8, 4) is 0 Å². The Morgan fingerprint density at radius 2 is 1.84 bits per heavy atom. The number of benzene rings is 2. The Kier molecular flexibility index (Phi) is 5.24. The molecule has 1 aliphatic heterocycles. The summed E-state index contributed by atoms with van der Waals surface area (Å²) in [6, 6.07) is 12.4. The van der Waals surface area contributed by atoms with Crippen LogP contribution in [0.4, 0.5) is 11.4 Å². The molecule has 1 fully saturated rings. The molecule has 0 aromatic heterocycles. The molecule has 3 N–H and O–H groups in total. The van der Waals surface area contributed by atoms with Gasteiger partial charge in [-0.15, -0.1) is 0 Å². The zero-order valence-corrected chi connectivity index (χ0v) is 14.6. The van der Waals surface area contributed by atoms with Gasteiger partial charge in [0.1, 0.15) is 0 Å². The fraction of sp³-hybridized carbons (Fsp3) is 0.263.